The fourth-order valence-electron chi connectivity index (χ4n) is 8.67. The molecule has 3 aromatic carbocycles. The van der Waals surface area contributed by atoms with Gasteiger partial charge in [0.25, 0.3) is 11.8 Å². The van der Waals surface area contributed by atoms with Gasteiger partial charge < -0.3 is 39.2 Å². The Balaban J connectivity index is 0.798. The highest BCUT2D eigenvalue weighted by Gasteiger charge is 2.53. The molecule has 3 atom stereocenters. The number of likely N-dealkylation sites (tertiary alicyclic amines) is 1. The van der Waals surface area contributed by atoms with Crippen LogP contribution in [0.3, 0.4) is 0 Å². The Morgan fingerprint density at radius 1 is 0.944 bits per heavy atom. The number of β-amino-alcohol motifs (C(OH)–C–C–N with tert-alkyl or cyclic N) is 1. The number of imide groups is 1. The number of rotatable bonds is 20. The number of aromatic nitrogens is 1. The molecular formula is C50H54F3N7O10S. The van der Waals surface area contributed by atoms with E-state index in [-0.39, 0.29) is 77.3 Å². The van der Waals surface area contributed by atoms with Crippen LogP contribution in [0.1, 0.15) is 56.5 Å². The number of carbonyl (C=O) groups excluding carboxylic acids is 5. The monoisotopic (exact) mass is 1000 g/mol. The predicted molar refractivity (Wildman–Crippen MR) is 254 cm³/mol. The zero-order valence-electron chi connectivity index (χ0n) is 39.7. The van der Waals surface area contributed by atoms with Crippen LogP contribution in [0, 0.1) is 24.2 Å². The van der Waals surface area contributed by atoms with Crippen molar-refractivity contribution in [1.82, 2.24) is 20.1 Å². The molecule has 3 aliphatic heterocycles. The molecule has 0 saturated carbocycles. The highest BCUT2D eigenvalue weighted by Crippen LogP contribution is 2.40. The van der Waals surface area contributed by atoms with Crippen molar-refractivity contribution in [3.05, 3.63) is 106 Å². The molecule has 4 heterocycles. The molecule has 1 aromatic heterocycles. The normalized spacial score (nSPS) is 18.3. The van der Waals surface area contributed by atoms with E-state index in [0.717, 1.165) is 33.8 Å². The third-order valence-corrected chi connectivity index (χ3v) is 13.2. The van der Waals surface area contributed by atoms with Gasteiger partial charge in [-0.15, -0.1) is 11.3 Å². The summed E-state index contributed by atoms with van der Waals surface area (Å²) in [5.41, 5.74) is 1.30. The number of carbonyl (C=O) groups is 5. The summed E-state index contributed by atoms with van der Waals surface area (Å²) in [6, 6.07) is 15.5. The first-order chi connectivity index (χ1) is 33.8. The third-order valence-electron chi connectivity index (χ3n) is 12.2. The van der Waals surface area contributed by atoms with E-state index < -0.39 is 70.7 Å². The van der Waals surface area contributed by atoms with Crippen LogP contribution in [-0.2, 0) is 46.1 Å². The molecule has 21 heteroatoms. The molecule has 17 nitrogen and oxygen atoms in total. The van der Waals surface area contributed by atoms with Gasteiger partial charge in [0.15, 0.2) is 0 Å². The molecule has 3 aliphatic rings. The first-order valence-electron chi connectivity index (χ1n) is 22.9. The number of aryl methyl sites for hydroxylation is 1. The van der Waals surface area contributed by atoms with Crippen molar-refractivity contribution in [3.8, 4) is 22.3 Å². The molecule has 2 N–H and O–H groups in total. The number of hydrogen-bond donors (Lipinski definition) is 2. The number of halogens is 3. The maximum atomic E-state index is 14.1. The van der Waals surface area contributed by atoms with Crippen LogP contribution in [0.5, 0.6) is 5.75 Å². The predicted octanol–water partition coefficient (Wildman–Crippen LogP) is 6.22. The number of thiazole rings is 1. The molecular weight excluding hydrogens is 948 g/mol. The van der Waals surface area contributed by atoms with Crippen LogP contribution in [0.25, 0.3) is 10.4 Å². The summed E-state index contributed by atoms with van der Waals surface area (Å²) in [5.74, 6) is -1.49. The smallest absolute Gasteiger partial charge is 0.417 e. The van der Waals surface area contributed by atoms with E-state index in [2.05, 4.69) is 10.3 Å². The lowest BCUT2D eigenvalue weighted by Crippen LogP contribution is -2.55. The Morgan fingerprint density at radius 3 is 2.21 bits per heavy atom. The number of nitrogens with one attached hydrogen (secondary N) is 1. The number of anilines is 2. The summed E-state index contributed by atoms with van der Waals surface area (Å²) in [4.78, 5) is 77.8. The van der Waals surface area contributed by atoms with E-state index >= 15 is 0 Å². The number of ether oxygens (including phenoxy) is 4. The van der Waals surface area contributed by atoms with Gasteiger partial charge in [-0.05, 0) is 80.3 Å². The zero-order valence-corrected chi connectivity index (χ0v) is 40.5. The minimum absolute atomic E-state index is 0.0365. The third kappa shape index (κ3) is 11.7. The Hall–Kier alpha value is -6.86. The van der Waals surface area contributed by atoms with Crippen LogP contribution in [0.4, 0.5) is 29.3 Å². The van der Waals surface area contributed by atoms with E-state index in [4.69, 9.17) is 24.2 Å². The van der Waals surface area contributed by atoms with Crippen LogP contribution in [-0.4, -0.2) is 126 Å². The van der Waals surface area contributed by atoms with Crippen molar-refractivity contribution in [2.75, 3.05) is 62.5 Å². The molecule has 6 amide bonds. The maximum absolute atomic E-state index is 14.1. The number of amides is 6. The fraction of sp³-hybridized carbons (Fsp3) is 0.420. The van der Waals surface area contributed by atoms with Crippen molar-refractivity contribution < 1.29 is 61.2 Å². The number of benzene rings is 3. The van der Waals surface area contributed by atoms with Gasteiger partial charge in [-0.2, -0.15) is 18.4 Å². The second kappa shape index (κ2) is 22.1. The number of hydrogen-bond acceptors (Lipinski definition) is 13. The van der Waals surface area contributed by atoms with Gasteiger partial charge in [0.05, 0.1) is 78.0 Å². The van der Waals surface area contributed by atoms with Crippen molar-refractivity contribution >= 4 is 52.4 Å². The largest absolute Gasteiger partial charge is 0.493 e. The average Bonchev–Trinajstić information content (AvgIpc) is 4.09. The van der Waals surface area contributed by atoms with Gasteiger partial charge in [0.2, 0.25) is 11.8 Å². The van der Waals surface area contributed by atoms with E-state index in [9.17, 15) is 42.3 Å². The van der Waals surface area contributed by atoms with Gasteiger partial charge in [-0.1, -0.05) is 38.1 Å². The molecule has 0 bridgehead atoms. The topological polar surface area (TPSA) is 204 Å². The zero-order chi connectivity index (χ0) is 51.2. The van der Waals surface area contributed by atoms with E-state index in [1.807, 2.05) is 45.0 Å². The highest BCUT2D eigenvalue weighted by molar-refractivity contribution is 7.13. The summed E-state index contributed by atoms with van der Waals surface area (Å²) < 4.78 is 63.8. The maximum Gasteiger partial charge on any atom is 0.417 e. The lowest BCUT2D eigenvalue weighted by Gasteiger charge is -2.35. The number of aliphatic hydroxyl groups excluding tert-OH is 1. The second-order valence-electron chi connectivity index (χ2n) is 17.9. The molecule has 7 rings (SSSR count). The molecule has 0 aliphatic carbocycles. The van der Waals surface area contributed by atoms with Crippen LogP contribution < -0.4 is 19.9 Å². The Morgan fingerprint density at radius 2 is 1.59 bits per heavy atom. The molecule has 2 saturated heterocycles. The lowest BCUT2D eigenvalue weighted by atomic mass is 10.0. The highest BCUT2D eigenvalue weighted by atomic mass is 32.1. The second-order valence-corrected chi connectivity index (χ2v) is 18.8. The molecule has 2 fully saturated rings. The van der Waals surface area contributed by atoms with Gasteiger partial charge in [-0.3, -0.25) is 24.1 Å². The van der Waals surface area contributed by atoms with Crippen LogP contribution >= 0.6 is 11.3 Å². The number of alkyl halides is 3. The van der Waals surface area contributed by atoms with Crippen molar-refractivity contribution in [3.63, 3.8) is 0 Å². The quantitative estimate of drug-likeness (QED) is 0.0749. The lowest BCUT2D eigenvalue weighted by molar-refractivity contribution is -0.147. The van der Waals surface area contributed by atoms with Crippen molar-refractivity contribution in [1.29, 1.82) is 5.26 Å². The van der Waals surface area contributed by atoms with E-state index in [0.29, 0.717) is 28.2 Å². The van der Waals surface area contributed by atoms with Crippen molar-refractivity contribution in [2.45, 2.75) is 77.5 Å². The molecule has 0 spiro atoms. The molecule has 0 unspecified atom stereocenters. The van der Waals surface area contributed by atoms with Crippen LogP contribution in [0.15, 0.2) is 84.1 Å². The summed E-state index contributed by atoms with van der Waals surface area (Å²) in [6.07, 6.45) is -4.37. The summed E-state index contributed by atoms with van der Waals surface area (Å²) in [5, 5.41) is 22.7. The van der Waals surface area contributed by atoms with Gasteiger partial charge in [-0.25, -0.2) is 14.7 Å². The number of aliphatic hydroxyl groups is 1. The first-order valence-corrected chi connectivity index (χ1v) is 23.8. The minimum atomic E-state index is -4.88. The van der Waals surface area contributed by atoms with E-state index in [1.165, 1.54) is 40.7 Å². The summed E-state index contributed by atoms with van der Waals surface area (Å²) >= 11 is 1.55. The molecule has 71 heavy (non-hydrogen) atoms. The molecule has 376 valence electrons. The van der Waals surface area contributed by atoms with Crippen molar-refractivity contribution in [2.24, 2.45) is 5.92 Å². The number of nitrogens with zero attached hydrogens (tertiary/aromatic N) is 6. The summed E-state index contributed by atoms with van der Waals surface area (Å²) in [6.45, 7) is 9.94. The summed E-state index contributed by atoms with van der Waals surface area (Å²) in [7, 11) is 0. The first kappa shape index (κ1) is 52.0. The SMILES string of the molecule is Cc1ncsc1-c1ccc(CNC(=O)[C@@H]2C[C@@H](O)CN2C(=O)[C@H](C(C)C)N2CC(OCCOCCOCCOc3ccc(N4C(=O)N(c5ccc(C#N)c(C(F)(F)F)c5)C(=O)C4(C)C)cc3)=CC2=O)cc1. The van der Waals surface area contributed by atoms with E-state index in [1.54, 1.807) is 41.1 Å². The Labute approximate surface area is 412 Å². The Bertz CT molecular complexity index is 2690. The van der Waals surface area contributed by atoms with Gasteiger partial charge in [0.1, 0.15) is 42.3 Å². The average molecular weight is 1000 g/mol. The Kier molecular flexibility index (Phi) is 16.1. The van der Waals surface area contributed by atoms with Gasteiger partial charge in [0, 0.05) is 31.3 Å². The minimum Gasteiger partial charge on any atom is -0.493 e. The fourth-order valence-corrected chi connectivity index (χ4v) is 9.48. The van der Waals surface area contributed by atoms with Crippen LogP contribution in [0.2, 0.25) is 0 Å². The van der Waals surface area contributed by atoms with Gasteiger partial charge >= 0.3 is 12.2 Å². The number of urea groups is 1. The molecule has 0 radical (unpaired) electrons. The number of nitriles is 1. The standard InChI is InChI=1S/C50H54F3N7O10S/c1-30(2)43(46(64)57-27-37(61)23-41(57)45(63)55-26-32-6-8-33(9-7-32)44-31(3)56-29-71-44)58-28-39(24-42(58)62)70-21-19-68-17-16-67-18-20-69-38-14-12-35(13-15-38)60-48(66)59(47(65)49(60,4)5)36-11-10-34(25-54)40(22-36)50(51,52)53/h6-15,22,24,29-30,37,41,43,61H,16-21,23,26-28H2,1-5H3,(H,55,63)/t37-,41+,43+/m1/s1. The molecule has 4 aromatic rings.